The summed E-state index contributed by atoms with van der Waals surface area (Å²) in [5.41, 5.74) is 2.09. The van der Waals surface area contributed by atoms with Gasteiger partial charge in [-0.1, -0.05) is 0 Å². The smallest absolute Gasteiger partial charge is 0.276 e. The number of anilines is 2. The van der Waals surface area contributed by atoms with Crippen LogP contribution in [0.15, 0.2) is 43.1 Å². The molecule has 4 rings (SSSR count). The van der Waals surface area contributed by atoms with Crippen LogP contribution in [-0.2, 0) is 20.8 Å². The minimum atomic E-state index is -0.450. The maximum absolute atomic E-state index is 12.8. The first-order valence-electron chi connectivity index (χ1n) is 9.06. The highest BCUT2D eigenvalue weighted by molar-refractivity contribution is 6.11. The molecule has 4 aromatic rings. The monoisotopic (exact) mass is 408 g/mol. The summed E-state index contributed by atoms with van der Waals surface area (Å²) in [4.78, 5) is 25.4. The fourth-order valence-electron chi connectivity index (χ4n) is 2.88. The van der Waals surface area contributed by atoms with Gasteiger partial charge in [0.1, 0.15) is 12.4 Å². The standard InChI is InChI=1S/C18H20N10O2/c1-12-14(9-20-25(12)2)22-18(30)16-15(10-21-26(16)3)23-17(29)13-5-8-28(24-13)11-27-7-4-6-19-27/h4-10H,11H2,1-3H3,(H,22,30)(H,23,29). The highest BCUT2D eigenvalue weighted by atomic mass is 16.2. The number of rotatable bonds is 6. The molecule has 0 unspecified atom stereocenters. The average Bonchev–Trinajstić information content (AvgIpc) is 3.50. The number of nitrogens with zero attached hydrogens (tertiary/aromatic N) is 8. The van der Waals surface area contributed by atoms with Crippen molar-refractivity contribution in [3.05, 3.63) is 60.2 Å². The van der Waals surface area contributed by atoms with Crippen molar-refractivity contribution >= 4 is 23.2 Å². The predicted octanol–water partition coefficient (Wildman–Crippen LogP) is 0.865. The molecule has 0 aromatic carbocycles. The van der Waals surface area contributed by atoms with E-state index in [0.29, 0.717) is 12.4 Å². The molecular formula is C18H20N10O2. The first-order chi connectivity index (χ1) is 14.4. The molecule has 30 heavy (non-hydrogen) atoms. The number of amides is 2. The normalized spacial score (nSPS) is 10.9. The van der Waals surface area contributed by atoms with E-state index in [-0.39, 0.29) is 17.1 Å². The van der Waals surface area contributed by atoms with E-state index in [1.807, 2.05) is 6.92 Å². The maximum atomic E-state index is 12.8. The second-order valence-electron chi connectivity index (χ2n) is 6.63. The molecule has 12 heteroatoms. The number of carbonyl (C=O) groups excluding carboxylic acids is 2. The largest absolute Gasteiger partial charge is 0.318 e. The Morgan fingerprint density at radius 3 is 2.37 bits per heavy atom. The molecule has 4 heterocycles. The van der Waals surface area contributed by atoms with Gasteiger partial charge >= 0.3 is 0 Å². The first-order valence-corrected chi connectivity index (χ1v) is 9.06. The van der Waals surface area contributed by atoms with Gasteiger partial charge in [-0.15, -0.1) is 0 Å². The Bertz CT molecular complexity index is 1200. The third kappa shape index (κ3) is 3.70. The average molecular weight is 408 g/mol. The lowest BCUT2D eigenvalue weighted by Crippen LogP contribution is -2.21. The highest BCUT2D eigenvalue weighted by Gasteiger charge is 2.21. The molecule has 2 N–H and O–H groups in total. The van der Waals surface area contributed by atoms with Crippen molar-refractivity contribution < 1.29 is 9.59 Å². The Morgan fingerprint density at radius 1 is 0.933 bits per heavy atom. The molecule has 0 fully saturated rings. The van der Waals surface area contributed by atoms with Gasteiger partial charge in [0.25, 0.3) is 11.8 Å². The van der Waals surface area contributed by atoms with E-state index in [1.165, 1.54) is 10.9 Å². The van der Waals surface area contributed by atoms with E-state index in [1.54, 1.807) is 65.1 Å². The van der Waals surface area contributed by atoms with Crippen LogP contribution in [0.25, 0.3) is 0 Å². The summed E-state index contributed by atoms with van der Waals surface area (Å²) in [7, 11) is 3.41. The van der Waals surface area contributed by atoms with Gasteiger partial charge < -0.3 is 10.6 Å². The zero-order valence-corrected chi connectivity index (χ0v) is 16.6. The van der Waals surface area contributed by atoms with Crippen LogP contribution < -0.4 is 10.6 Å². The van der Waals surface area contributed by atoms with Crippen LogP contribution in [0.5, 0.6) is 0 Å². The molecule has 4 aromatic heterocycles. The van der Waals surface area contributed by atoms with Gasteiger partial charge in [0, 0.05) is 32.7 Å². The van der Waals surface area contributed by atoms with Gasteiger partial charge in [0.15, 0.2) is 5.69 Å². The summed E-state index contributed by atoms with van der Waals surface area (Å²) in [5.74, 6) is -0.862. The molecule has 0 aliphatic heterocycles. The predicted molar refractivity (Wildman–Crippen MR) is 107 cm³/mol. The van der Waals surface area contributed by atoms with E-state index in [9.17, 15) is 9.59 Å². The van der Waals surface area contributed by atoms with Crippen molar-refractivity contribution in [3.8, 4) is 0 Å². The van der Waals surface area contributed by atoms with E-state index >= 15 is 0 Å². The van der Waals surface area contributed by atoms with Crippen LogP contribution in [0.4, 0.5) is 11.4 Å². The van der Waals surface area contributed by atoms with Crippen LogP contribution >= 0.6 is 0 Å². The van der Waals surface area contributed by atoms with E-state index < -0.39 is 11.8 Å². The Labute approximate surface area is 171 Å². The second-order valence-corrected chi connectivity index (χ2v) is 6.63. The summed E-state index contributed by atoms with van der Waals surface area (Å²) >= 11 is 0. The Kier molecular flexibility index (Phi) is 4.88. The van der Waals surface area contributed by atoms with E-state index in [4.69, 9.17) is 0 Å². The van der Waals surface area contributed by atoms with Crippen molar-refractivity contribution in [2.75, 3.05) is 10.6 Å². The Hall–Kier alpha value is -4.22. The molecule has 0 aliphatic carbocycles. The zero-order valence-electron chi connectivity index (χ0n) is 16.6. The molecule has 12 nitrogen and oxygen atoms in total. The quantitative estimate of drug-likeness (QED) is 0.487. The lowest BCUT2D eigenvalue weighted by Gasteiger charge is -2.08. The van der Waals surface area contributed by atoms with Crippen molar-refractivity contribution in [2.24, 2.45) is 14.1 Å². The number of aryl methyl sites for hydroxylation is 2. The van der Waals surface area contributed by atoms with Gasteiger partial charge in [0.2, 0.25) is 0 Å². The number of carbonyl (C=O) groups is 2. The summed E-state index contributed by atoms with van der Waals surface area (Å²) < 4.78 is 6.32. The molecule has 0 radical (unpaired) electrons. The van der Waals surface area contributed by atoms with Gasteiger partial charge in [-0.25, -0.2) is 0 Å². The van der Waals surface area contributed by atoms with Crippen LogP contribution in [-0.4, -0.2) is 50.9 Å². The summed E-state index contributed by atoms with van der Waals surface area (Å²) in [6.07, 6.45) is 8.13. The molecular weight excluding hydrogens is 388 g/mol. The Morgan fingerprint density at radius 2 is 1.67 bits per heavy atom. The summed E-state index contributed by atoms with van der Waals surface area (Å²) in [6.45, 7) is 2.22. The topological polar surface area (TPSA) is 129 Å². The minimum Gasteiger partial charge on any atom is -0.318 e. The molecule has 0 saturated carbocycles. The van der Waals surface area contributed by atoms with Crippen molar-refractivity contribution in [3.63, 3.8) is 0 Å². The van der Waals surface area contributed by atoms with Crippen molar-refractivity contribution in [1.82, 2.24) is 39.1 Å². The molecule has 0 saturated heterocycles. The van der Waals surface area contributed by atoms with Crippen LogP contribution in [0.3, 0.4) is 0 Å². The first kappa shape index (κ1) is 19.1. The van der Waals surface area contributed by atoms with Gasteiger partial charge in [-0.3, -0.25) is 28.3 Å². The molecule has 154 valence electrons. The van der Waals surface area contributed by atoms with Crippen LogP contribution in [0.2, 0.25) is 0 Å². The second kappa shape index (κ2) is 7.66. The number of hydrogen-bond donors (Lipinski definition) is 2. The van der Waals surface area contributed by atoms with E-state index in [2.05, 4.69) is 31.0 Å². The Balaban J connectivity index is 1.49. The molecule has 0 bridgehead atoms. The van der Waals surface area contributed by atoms with Crippen molar-refractivity contribution in [1.29, 1.82) is 0 Å². The lowest BCUT2D eigenvalue weighted by molar-refractivity contribution is 0.101. The molecule has 0 atom stereocenters. The maximum Gasteiger partial charge on any atom is 0.276 e. The number of aromatic nitrogens is 8. The fraction of sp³-hybridized carbons (Fsp3) is 0.222. The van der Waals surface area contributed by atoms with Gasteiger partial charge in [0.05, 0.1) is 29.5 Å². The third-order valence-electron chi connectivity index (χ3n) is 4.61. The van der Waals surface area contributed by atoms with Gasteiger partial charge in [-0.2, -0.15) is 20.4 Å². The summed E-state index contributed by atoms with van der Waals surface area (Å²) in [5, 5.41) is 22.0. The third-order valence-corrected chi connectivity index (χ3v) is 4.61. The fourth-order valence-corrected chi connectivity index (χ4v) is 2.88. The number of hydrogen-bond acceptors (Lipinski definition) is 6. The molecule has 0 spiro atoms. The molecule has 0 aliphatic rings. The zero-order chi connectivity index (χ0) is 21.3. The van der Waals surface area contributed by atoms with Crippen LogP contribution in [0.1, 0.15) is 26.7 Å². The van der Waals surface area contributed by atoms with Crippen molar-refractivity contribution in [2.45, 2.75) is 13.6 Å². The van der Waals surface area contributed by atoms with Crippen LogP contribution in [0, 0.1) is 6.92 Å². The SMILES string of the molecule is Cc1c(NC(=O)c2c(NC(=O)c3ccn(Cn4cccn4)n3)cnn2C)cnn1C. The number of nitrogens with one attached hydrogen (secondary N) is 2. The highest BCUT2D eigenvalue weighted by Crippen LogP contribution is 2.19. The molecule has 2 amide bonds. The minimum absolute atomic E-state index is 0.209. The van der Waals surface area contributed by atoms with Gasteiger partial charge in [-0.05, 0) is 19.1 Å². The van der Waals surface area contributed by atoms with E-state index in [0.717, 1.165) is 5.69 Å². The lowest BCUT2D eigenvalue weighted by atomic mass is 10.3. The summed E-state index contributed by atoms with van der Waals surface area (Å²) in [6, 6.07) is 3.40.